The highest BCUT2D eigenvalue weighted by atomic mass is 15.0. The molecule has 0 saturated carbocycles. The Morgan fingerprint density at radius 1 is 0.821 bits per heavy atom. The lowest BCUT2D eigenvalue weighted by molar-refractivity contribution is 1.07. The zero-order valence-corrected chi connectivity index (χ0v) is 23.2. The van der Waals surface area contributed by atoms with Crippen molar-refractivity contribution in [2.45, 2.75) is 20.8 Å². The van der Waals surface area contributed by atoms with Crippen molar-refractivity contribution in [1.82, 2.24) is 4.57 Å². The molecule has 0 aliphatic carbocycles. The molecule has 0 amide bonds. The van der Waals surface area contributed by atoms with Gasteiger partial charge in [-0.3, -0.25) is 0 Å². The maximum atomic E-state index is 5.95. The molecule has 2 heteroatoms. The Hall–Kier alpha value is -4.82. The first kappa shape index (κ1) is 27.2. The van der Waals surface area contributed by atoms with Crippen LogP contribution >= 0.6 is 0 Å². The van der Waals surface area contributed by atoms with E-state index in [0.717, 1.165) is 50.5 Å². The summed E-state index contributed by atoms with van der Waals surface area (Å²) >= 11 is 0. The standard InChI is InChI=1S/C37H36N2/c1-8-27(9-2)32-20-21-34(29(11-4)22-32)37-26(7)25(6)36(23-28(10-3)30(12-5)24-38)39(37)35-19-15-17-31-16-13-14-18-33(31)35/h8-24H,1,3-5,38H2,2,6-7H3/b27-9+,28-23+,30-24+. The molecule has 0 bridgehead atoms. The van der Waals surface area contributed by atoms with Gasteiger partial charge in [0.1, 0.15) is 0 Å². The molecule has 2 nitrogen and oxygen atoms in total. The molecule has 0 aliphatic heterocycles. The van der Waals surface area contributed by atoms with Crippen molar-refractivity contribution >= 4 is 28.5 Å². The molecule has 3 aromatic carbocycles. The minimum absolute atomic E-state index is 0.828. The van der Waals surface area contributed by atoms with E-state index in [0.29, 0.717) is 0 Å². The Labute approximate surface area is 232 Å². The van der Waals surface area contributed by atoms with E-state index in [-0.39, 0.29) is 0 Å². The van der Waals surface area contributed by atoms with Gasteiger partial charge in [0.15, 0.2) is 0 Å². The van der Waals surface area contributed by atoms with E-state index in [4.69, 9.17) is 5.73 Å². The third-order valence-corrected chi connectivity index (χ3v) is 7.41. The molecule has 2 N–H and O–H groups in total. The first-order valence-corrected chi connectivity index (χ1v) is 13.1. The van der Waals surface area contributed by atoms with Crippen molar-refractivity contribution in [1.29, 1.82) is 0 Å². The summed E-state index contributed by atoms with van der Waals surface area (Å²) in [5.41, 5.74) is 17.7. The molecule has 0 fully saturated rings. The van der Waals surface area contributed by atoms with Gasteiger partial charge in [0.05, 0.1) is 17.1 Å². The van der Waals surface area contributed by atoms with Crippen LogP contribution in [0.5, 0.6) is 0 Å². The molecule has 1 heterocycles. The highest BCUT2D eigenvalue weighted by molar-refractivity contribution is 5.93. The number of rotatable bonds is 9. The summed E-state index contributed by atoms with van der Waals surface area (Å²) in [5.74, 6) is 0. The average Bonchev–Trinajstić information content (AvgIpc) is 3.22. The van der Waals surface area contributed by atoms with Crippen LogP contribution in [-0.2, 0) is 0 Å². The molecule has 0 radical (unpaired) electrons. The average molecular weight is 509 g/mol. The van der Waals surface area contributed by atoms with Crippen LogP contribution in [0.15, 0.2) is 129 Å². The highest BCUT2D eigenvalue weighted by Gasteiger charge is 2.22. The fourth-order valence-electron chi connectivity index (χ4n) is 5.19. The van der Waals surface area contributed by atoms with E-state index in [9.17, 15) is 0 Å². The largest absolute Gasteiger partial charge is 0.404 e. The minimum atomic E-state index is 0.828. The Bertz CT molecular complexity index is 1690. The smallest absolute Gasteiger partial charge is 0.0572 e. The van der Waals surface area contributed by atoms with Crippen molar-refractivity contribution in [2.24, 2.45) is 5.73 Å². The maximum Gasteiger partial charge on any atom is 0.0572 e. The maximum absolute atomic E-state index is 5.95. The van der Waals surface area contributed by atoms with Gasteiger partial charge in [-0.1, -0.05) is 105 Å². The number of allylic oxidation sites excluding steroid dienone is 7. The molecule has 4 rings (SSSR count). The summed E-state index contributed by atoms with van der Waals surface area (Å²) in [6, 6.07) is 21.5. The van der Waals surface area contributed by atoms with Gasteiger partial charge < -0.3 is 10.3 Å². The first-order valence-electron chi connectivity index (χ1n) is 13.1. The number of aromatic nitrogens is 1. The fraction of sp³-hybridized carbons (Fsp3) is 0.0811. The molecule has 0 aliphatic rings. The van der Waals surface area contributed by atoms with E-state index >= 15 is 0 Å². The van der Waals surface area contributed by atoms with Gasteiger partial charge in [-0.2, -0.15) is 0 Å². The lowest BCUT2D eigenvalue weighted by Gasteiger charge is -2.18. The lowest BCUT2D eigenvalue weighted by atomic mass is 9.95. The summed E-state index contributed by atoms with van der Waals surface area (Å²) in [6.45, 7) is 22.6. The molecule has 0 unspecified atom stereocenters. The Kier molecular flexibility index (Phi) is 8.17. The van der Waals surface area contributed by atoms with Crippen molar-refractivity contribution in [3.63, 3.8) is 0 Å². The molecule has 1 aromatic heterocycles. The number of nitrogens with two attached hydrogens (primary N) is 1. The Morgan fingerprint density at radius 3 is 2.18 bits per heavy atom. The zero-order chi connectivity index (χ0) is 28.1. The van der Waals surface area contributed by atoms with Crippen LogP contribution in [0.4, 0.5) is 0 Å². The van der Waals surface area contributed by atoms with Crippen LogP contribution in [-0.4, -0.2) is 4.57 Å². The predicted molar refractivity (Wildman–Crippen MR) is 173 cm³/mol. The van der Waals surface area contributed by atoms with Crippen LogP contribution in [0.2, 0.25) is 0 Å². The summed E-state index contributed by atoms with van der Waals surface area (Å²) in [5, 5.41) is 2.35. The summed E-state index contributed by atoms with van der Waals surface area (Å²) in [7, 11) is 0. The number of nitrogens with zero attached hydrogens (tertiary/aromatic N) is 1. The number of fused-ring (bicyclic) bond motifs is 1. The molecule has 0 atom stereocenters. The predicted octanol–water partition coefficient (Wildman–Crippen LogP) is 9.74. The molecule has 4 aromatic rings. The second kappa shape index (κ2) is 11.7. The van der Waals surface area contributed by atoms with Gasteiger partial charge in [-0.25, -0.2) is 0 Å². The lowest BCUT2D eigenvalue weighted by Crippen LogP contribution is -2.03. The van der Waals surface area contributed by atoms with Gasteiger partial charge >= 0.3 is 0 Å². The van der Waals surface area contributed by atoms with E-state index in [1.165, 1.54) is 21.9 Å². The summed E-state index contributed by atoms with van der Waals surface area (Å²) in [6.07, 6.45) is 13.2. The van der Waals surface area contributed by atoms with Gasteiger partial charge in [0.2, 0.25) is 0 Å². The minimum Gasteiger partial charge on any atom is -0.404 e. The Balaban J connectivity index is 2.17. The van der Waals surface area contributed by atoms with Crippen molar-refractivity contribution in [3.05, 3.63) is 157 Å². The SMILES string of the molecule is C=CC(=C\N)/C(C=C)=C/c1c(C)c(C)c(-c2ccc(/C(C=C)=C/C)cc2C=C)n1-c1cccc2ccccc12. The number of benzene rings is 3. The third kappa shape index (κ3) is 4.89. The molecule has 0 saturated heterocycles. The molecular formula is C37H36N2. The third-order valence-electron chi connectivity index (χ3n) is 7.41. The van der Waals surface area contributed by atoms with Crippen molar-refractivity contribution < 1.29 is 0 Å². The van der Waals surface area contributed by atoms with E-state index < -0.39 is 0 Å². The summed E-state index contributed by atoms with van der Waals surface area (Å²) in [4.78, 5) is 0. The Morgan fingerprint density at radius 2 is 1.54 bits per heavy atom. The van der Waals surface area contributed by atoms with Crippen LogP contribution in [0.3, 0.4) is 0 Å². The van der Waals surface area contributed by atoms with Crippen LogP contribution in [0, 0.1) is 13.8 Å². The van der Waals surface area contributed by atoms with Gasteiger partial charge in [-0.05, 0) is 83.3 Å². The van der Waals surface area contributed by atoms with Gasteiger partial charge in [0, 0.05) is 17.1 Å². The number of hydrogen-bond donors (Lipinski definition) is 1. The highest BCUT2D eigenvalue weighted by Crippen LogP contribution is 2.40. The van der Waals surface area contributed by atoms with E-state index in [1.54, 1.807) is 12.3 Å². The van der Waals surface area contributed by atoms with Crippen LogP contribution in [0.1, 0.15) is 34.9 Å². The van der Waals surface area contributed by atoms with Crippen LogP contribution < -0.4 is 5.73 Å². The second-order valence-electron chi connectivity index (χ2n) is 9.40. The van der Waals surface area contributed by atoms with Crippen LogP contribution in [0.25, 0.3) is 45.4 Å². The molecule has 0 spiro atoms. The zero-order valence-electron chi connectivity index (χ0n) is 23.2. The molecular weight excluding hydrogens is 472 g/mol. The monoisotopic (exact) mass is 508 g/mol. The molecule has 194 valence electrons. The van der Waals surface area contributed by atoms with Crippen molar-refractivity contribution in [2.75, 3.05) is 0 Å². The van der Waals surface area contributed by atoms with E-state index in [1.807, 2.05) is 25.2 Å². The van der Waals surface area contributed by atoms with E-state index in [2.05, 4.69) is 118 Å². The quantitative estimate of drug-likeness (QED) is 0.224. The fourth-order valence-corrected chi connectivity index (χ4v) is 5.19. The molecule has 39 heavy (non-hydrogen) atoms. The topological polar surface area (TPSA) is 30.9 Å². The number of hydrogen-bond acceptors (Lipinski definition) is 1. The summed E-state index contributed by atoms with van der Waals surface area (Å²) < 4.78 is 2.36. The van der Waals surface area contributed by atoms with Crippen molar-refractivity contribution in [3.8, 4) is 16.9 Å². The van der Waals surface area contributed by atoms with Gasteiger partial charge in [-0.15, -0.1) is 0 Å². The second-order valence-corrected chi connectivity index (χ2v) is 9.40. The first-order chi connectivity index (χ1) is 18.9. The van der Waals surface area contributed by atoms with Gasteiger partial charge in [0.25, 0.3) is 0 Å². The normalized spacial score (nSPS) is 12.4.